The molecule has 3 rings (SSSR count). The Morgan fingerprint density at radius 3 is 3.05 bits per heavy atom. The third-order valence-corrected chi connectivity index (χ3v) is 3.81. The van der Waals surface area contributed by atoms with E-state index < -0.39 is 5.60 Å². The van der Waals surface area contributed by atoms with Crippen LogP contribution in [-0.4, -0.2) is 45.1 Å². The van der Waals surface area contributed by atoms with Crippen molar-refractivity contribution in [1.82, 2.24) is 14.9 Å². The number of nitrogens with one attached hydrogen (secondary N) is 1. The van der Waals surface area contributed by atoms with Crippen LogP contribution < -0.4 is 0 Å². The Hall–Kier alpha value is -1.88. The average molecular weight is 259 g/mol. The first-order valence-corrected chi connectivity index (χ1v) is 6.48. The third kappa shape index (κ3) is 2.21. The SMILES string of the molecule is CN(CC1(O)CCC1)C(=O)c1cnc2[nH]ccc2c1. The quantitative estimate of drug-likeness (QED) is 0.878. The molecule has 2 aromatic heterocycles. The highest BCUT2D eigenvalue weighted by molar-refractivity contribution is 5.96. The summed E-state index contributed by atoms with van der Waals surface area (Å²) in [5, 5.41) is 11.0. The Morgan fingerprint density at radius 2 is 2.37 bits per heavy atom. The van der Waals surface area contributed by atoms with Crippen molar-refractivity contribution in [2.24, 2.45) is 0 Å². The van der Waals surface area contributed by atoms with Crippen molar-refractivity contribution in [1.29, 1.82) is 0 Å². The number of nitrogens with zero attached hydrogens (tertiary/aromatic N) is 2. The van der Waals surface area contributed by atoms with Crippen LogP contribution in [0, 0.1) is 0 Å². The fourth-order valence-corrected chi connectivity index (χ4v) is 2.53. The number of amides is 1. The summed E-state index contributed by atoms with van der Waals surface area (Å²) in [7, 11) is 1.72. The van der Waals surface area contributed by atoms with E-state index in [0.29, 0.717) is 12.1 Å². The second kappa shape index (κ2) is 4.35. The smallest absolute Gasteiger partial charge is 0.255 e. The van der Waals surface area contributed by atoms with E-state index in [2.05, 4.69) is 9.97 Å². The molecule has 1 fully saturated rings. The van der Waals surface area contributed by atoms with E-state index in [0.717, 1.165) is 30.3 Å². The maximum absolute atomic E-state index is 12.3. The second-order valence-electron chi connectivity index (χ2n) is 5.38. The molecule has 0 radical (unpaired) electrons. The van der Waals surface area contributed by atoms with Gasteiger partial charge >= 0.3 is 0 Å². The first-order chi connectivity index (χ1) is 9.07. The molecule has 2 aromatic rings. The van der Waals surface area contributed by atoms with Gasteiger partial charge in [0.1, 0.15) is 5.65 Å². The summed E-state index contributed by atoms with van der Waals surface area (Å²) in [6.45, 7) is 0.386. The van der Waals surface area contributed by atoms with Gasteiger partial charge in [0.05, 0.1) is 11.2 Å². The highest BCUT2D eigenvalue weighted by Crippen LogP contribution is 2.32. The van der Waals surface area contributed by atoms with Crippen LogP contribution in [0.15, 0.2) is 24.5 Å². The molecule has 0 saturated heterocycles. The molecular formula is C14H17N3O2. The molecule has 1 amide bonds. The number of H-pyrrole nitrogens is 1. The zero-order chi connectivity index (χ0) is 13.5. The van der Waals surface area contributed by atoms with Crippen LogP contribution in [-0.2, 0) is 0 Å². The highest BCUT2D eigenvalue weighted by atomic mass is 16.3. The predicted octanol–water partition coefficient (Wildman–Crippen LogP) is 1.55. The van der Waals surface area contributed by atoms with Crippen molar-refractivity contribution in [3.8, 4) is 0 Å². The lowest BCUT2D eigenvalue weighted by molar-refractivity contribution is -0.0499. The van der Waals surface area contributed by atoms with Crippen molar-refractivity contribution in [2.75, 3.05) is 13.6 Å². The fourth-order valence-electron chi connectivity index (χ4n) is 2.53. The molecule has 1 aliphatic rings. The number of fused-ring (bicyclic) bond motifs is 1. The normalized spacial score (nSPS) is 17.2. The number of hydrogen-bond donors (Lipinski definition) is 2. The molecule has 5 heteroatoms. The van der Waals surface area contributed by atoms with Gasteiger partial charge in [-0.05, 0) is 31.4 Å². The summed E-state index contributed by atoms with van der Waals surface area (Å²) >= 11 is 0. The van der Waals surface area contributed by atoms with Gasteiger partial charge in [-0.25, -0.2) is 4.98 Å². The van der Waals surface area contributed by atoms with Crippen molar-refractivity contribution in [3.05, 3.63) is 30.1 Å². The minimum atomic E-state index is -0.684. The molecule has 2 heterocycles. The maximum Gasteiger partial charge on any atom is 0.255 e. The molecule has 0 aromatic carbocycles. The number of rotatable bonds is 3. The summed E-state index contributed by atoms with van der Waals surface area (Å²) in [6.07, 6.45) is 5.96. The van der Waals surface area contributed by atoms with Gasteiger partial charge in [0.15, 0.2) is 0 Å². The number of aliphatic hydroxyl groups is 1. The molecule has 5 nitrogen and oxygen atoms in total. The van der Waals surface area contributed by atoms with E-state index >= 15 is 0 Å². The van der Waals surface area contributed by atoms with Gasteiger partial charge in [0.25, 0.3) is 5.91 Å². The summed E-state index contributed by atoms with van der Waals surface area (Å²) in [5.41, 5.74) is 0.644. The van der Waals surface area contributed by atoms with Crippen molar-refractivity contribution in [2.45, 2.75) is 24.9 Å². The fraction of sp³-hybridized carbons (Fsp3) is 0.429. The Bertz CT molecular complexity index is 616. The van der Waals surface area contributed by atoms with E-state index in [1.165, 1.54) is 0 Å². The first-order valence-electron chi connectivity index (χ1n) is 6.48. The molecular weight excluding hydrogens is 242 g/mol. The van der Waals surface area contributed by atoms with Crippen LogP contribution >= 0.6 is 0 Å². The van der Waals surface area contributed by atoms with Crippen molar-refractivity contribution in [3.63, 3.8) is 0 Å². The van der Waals surface area contributed by atoms with Crippen molar-refractivity contribution >= 4 is 16.9 Å². The van der Waals surface area contributed by atoms with Gasteiger partial charge in [-0.3, -0.25) is 4.79 Å². The van der Waals surface area contributed by atoms with E-state index in [-0.39, 0.29) is 5.91 Å². The maximum atomic E-state index is 12.3. The lowest BCUT2D eigenvalue weighted by atomic mass is 9.80. The monoisotopic (exact) mass is 259 g/mol. The van der Waals surface area contributed by atoms with Gasteiger partial charge in [0.2, 0.25) is 0 Å². The minimum absolute atomic E-state index is 0.101. The predicted molar refractivity (Wildman–Crippen MR) is 71.9 cm³/mol. The largest absolute Gasteiger partial charge is 0.388 e. The minimum Gasteiger partial charge on any atom is -0.388 e. The molecule has 0 bridgehead atoms. The average Bonchev–Trinajstić information content (AvgIpc) is 2.82. The zero-order valence-corrected chi connectivity index (χ0v) is 10.9. The van der Waals surface area contributed by atoms with Gasteiger partial charge in [-0.15, -0.1) is 0 Å². The Balaban J connectivity index is 1.78. The van der Waals surface area contributed by atoms with Gasteiger partial charge in [-0.2, -0.15) is 0 Å². The van der Waals surface area contributed by atoms with Crippen molar-refractivity contribution < 1.29 is 9.90 Å². The van der Waals surface area contributed by atoms with Gasteiger partial charge in [0, 0.05) is 31.4 Å². The number of aromatic nitrogens is 2. The number of carbonyl (C=O) groups excluding carboxylic acids is 1. The van der Waals surface area contributed by atoms with Crippen LogP contribution in [0.25, 0.3) is 11.0 Å². The van der Waals surface area contributed by atoms with E-state index in [1.807, 2.05) is 12.1 Å². The van der Waals surface area contributed by atoms with Crippen LogP contribution in [0.4, 0.5) is 0 Å². The van der Waals surface area contributed by atoms with E-state index in [9.17, 15) is 9.90 Å². The number of aromatic amines is 1. The molecule has 0 aliphatic heterocycles. The summed E-state index contributed by atoms with van der Waals surface area (Å²) in [4.78, 5) is 21.1. The molecule has 0 atom stereocenters. The lowest BCUT2D eigenvalue weighted by Crippen LogP contribution is -2.48. The Morgan fingerprint density at radius 1 is 1.58 bits per heavy atom. The standard InChI is InChI=1S/C14H17N3O2/c1-17(9-14(19)4-2-5-14)13(18)11-7-10-3-6-15-12(10)16-8-11/h3,6-8,19H,2,4-5,9H2,1H3,(H,15,16). The first kappa shape index (κ1) is 12.2. The number of hydrogen-bond acceptors (Lipinski definition) is 3. The highest BCUT2D eigenvalue weighted by Gasteiger charge is 2.36. The summed E-state index contributed by atoms with van der Waals surface area (Å²) in [5.74, 6) is -0.101. The molecule has 1 saturated carbocycles. The Labute approximate surface area is 111 Å². The number of likely N-dealkylation sites (N-methyl/N-ethyl adjacent to an activating group) is 1. The molecule has 1 aliphatic carbocycles. The molecule has 19 heavy (non-hydrogen) atoms. The molecule has 0 unspecified atom stereocenters. The zero-order valence-electron chi connectivity index (χ0n) is 10.9. The molecule has 0 spiro atoms. The molecule has 100 valence electrons. The summed E-state index contributed by atoms with van der Waals surface area (Å²) in [6, 6.07) is 3.71. The van der Waals surface area contributed by atoms with Crippen LogP contribution in [0.2, 0.25) is 0 Å². The summed E-state index contributed by atoms with van der Waals surface area (Å²) < 4.78 is 0. The van der Waals surface area contributed by atoms with Crippen LogP contribution in [0.3, 0.4) is 0 Å². The van der Waals surface area contributed by atoms with Crippen LogP contribution in [0.1, 0.15) is 29.6 Å². The van der Waals surface area contributed by atoms with Gasteiger partial charge < -0.3 is 15.0 Å². The third-order valence-electron chi connectivity index (χ3n) is 3.81. The number of pyridine rings is 1. The van der Waals surface area contributed by atoms with Crippen LogP contribution in [0.5, 0.6) is 0 Å². The second-order valence-corrected chi connectivity index (χ2v) is 5.38. The topological polar surface area (TPSA) is 69.2 Å². The Kier molecular flexibility index (Phi) is 2.78. The van der Waals surface area contributed by atoms with E-state index in [1.54, 1.807) is 24.3 Å². The van der Waals surface area contributed by atoms with Gasteiger partial charge in [-0.1, -0.05) is 0 Å². The lowest BCUT2D eigenvalue weighted by Gasteiger charge is -2.39. The van der Waals surface area contributed by atoms with E-state index in [4.69, 9.17) is 0 Å². The number of carbonyl (C=O) groups is 1. The molecule has 2 N–H and O–H groups in total.